The molecule has 0 saturated heterocycles. The molecule has 7 rings (SSSR count). The molecule has 0 amide bonds. The molecule has 0 N–H and O–H groups in total. The van der Waals surface area contributed by atoms with Crippen LogP contribution in [0.15, 0.2) is 101 Å². The zero-order valence-corrected chi connectivity index (χ0v) is 21.0. The van der Waals surface area contributed by atoms with Crippen LogP contribution in [0.4, 0.5) is 5.69 Å². The predicted molar refractivity (Wildman–Crippen MR) is 147 cm³/mol. The molecule has 0 spiro atoms. The largest absolute Gasteiger partial charge is 0.332 e. The van der Waals surface area contributed by atoms with Gasteiger partial charge in [0, 0.05) is 37.1 Å². The number of allylic oxidation sites excluding steroid dienone is 9. The van der Waals surface area contributed by atoms with Crippen molar-refractivity contribution in [3.05, 3.63) is 106 Å². The van der Waals surface area contributed by atoms with E-state index in [-0.39, 0.29) is 0 Å². The summed E-state index contributed by atoms with van der Waals surface area (Å²) in [6.45, 7) is 4.71. The van der Waals surface area contributed by atoms with Crippen molar-refractivity contribution in [3.8, 4) is 0 Å². The van der Waals surface area contributed by atoms with Crippen LogP contribution in [0.1, 0.15) is 19.4 Å². The van der Waals surface area contributed by atoms with Crippen molar-refractivity contribution in [2.75, 3.05) is 4.90 Å². The lowest BCUT2D eigenvalue weighted by atomic mass is 9.79. The highest BCUT2D eigenvalue weighted by atomic mass is 79.9. The van der Waals surface area contributed by atoms with Crippen molar-refractivity contribution in [2.45, 2.75) is 19.9 Å². The van der Waals surface area contributed by atoms with Crippen LogP contribution in [0.5, 0.6) is 0 Å². The van der Waals surface area contributed by atoms with E-state index in [2.05, 4.69) is 120 Å². The van der Waals surface area contributed by atoms with E-state index in [4.69, 9.17) is 0 Å². The van der Waals surface area contributed by atoms with Gasteiger partial charge in [0.05, 0.1) is 16.4 Å². The topological polar surface area (TPSA) is 3.24 Å². The second-order valence-corrected chi connectivity index (χ2v) is 11.5. The maximum Gasteiger partial charge on any atom is 0.0676 e. The van der Waals surface area contributed by atoms with Crippen molar-refractivity contribution in [1.82, 2.24) is 0 Å². The normalized spacial score (nSPS) is 27.4. The molecule has 0 saturated carbocycles. The smallest absolute Gasteiger partial charge is 0.0676 e. The molecule has 3 aromatic rings. The highest BCUT2D eigenvalue weighted by Crippen LogP contribution is 2.55. The molecule has 4 atom stereocenters. The quantitative estimate of drug-likeness (QED) is 0.316. The average Bonchev–Trinajstić information content (AvgIpc) is 3.37. The predicted octanol–water partition coefficient (Wildman–Crippen LogP) is 8.80. The maximum absolute atomic E-state index is 3.95. The number of fused-ring (bicyclic) bond motifs is 8. The number of benzene rings is 2. The fraction of sp³-hybridized carbons (Fsp3) is 0.200. The number of halogens is 1. The summed E-state index contributed by atoms with van der Waals surface area (Å²) in [4.78, 5) is 2.66. The second kappa shape index (κ2) is 7.19. The van der Waals surface area contributed by atoms with Crippen LogP contribution in [0.3, 0.4) is 0 Å². The first-order valence-corrected chi connectivity index (χ1v) is 13.3. The Labute approximate surface area is 206 Å². The van der Waals surface area contributed by atoms with Gasteiger partial charge in [-0.25, -0.2) is 0 Å². The van der Waals surface area contributed by atoms with E-state index in [1.54, 1.807) is 0 Å². The number of anilines is 1. The molecule has 3 heteroatoms. The summed E-state index contributed by atoms with van der Waals surface area (Å²) in [7, 11) is 0. The van der Waals surface area contributed by atoms with Gasteiger partial charge in [-0.2, -0.15) is 0 Å². The SMILES string of the molecule is CC1C=C(N2c3c(cc(Br)c4c3sc3ccccc34)C3=CC=CC(C)C32)C=C2C=CC=CC21. The highest BCUT2D eigenvalue weighted by Gasteiger charge is 2.42. The summed E-state index contributed by atoms with van der Waals surface area (Å²) in [6.07, 6.45) is 20.9. The lowest BCUT2D eigenvalue weighted by molar-refractivity contribution is 0.564. The van der Waals surface area contributed by atoms with Gasteiger partial charge >= 0.3 is 0 Å². The van der Waals surface area contributed by atoms with Gasteiger partial charge in [-0.1, -0.05) is 96.6 Å². The summed E-state index contributed by atoms with van der Waals surface area (Å²) >= 11 is 5.88. The molecule has 2 heterocycles. The van der Waals surface area contributed by atoms with Crippen LogP contribution in [0.25, 0.3) is 25.7 Å². The van der Waals surface area contributed by atoms with E-state index in [9.17, 15) is 0 Å². The van der Waals surface area contributed by atoms with E-state index in [0.717, 1.165) is 0 Å². The summed E-state index contributed by atoms with van der Waals surface area (Å²) in [6, 6.07) is 11.5. The molecule has 0 fully saturated rings. The fourth-order valence-electron chi connectivity index (χ4n) is 6.11. The van der Waals surface area contributed by atoms with E-state index >= 15 is 0 Å². The molecule has 4 unspecified atom stereocenters. The molecule has 0 bridgehead atoms. The molecule has 1 nitrogen and oxygen atoms in total. The van der Waals surface area contributed by atoms with Crippen molar-refractivity contribution >= 4 is 58.7 Å². The Morgan fingerprint density at radius 1 is 1.00 bits per heavy atom. The first-order valence-electron chi connectivity index (χ1n) is 11.7. The van der Waals surface area contributed by atoms with Gasteiger partial charge in [0.1, 0.15) is 0 Å². The van der Waals surface area contributed by atoms with Gasteiger partial charge in [0.25, 0.3) is 0 Å². The van der Waals surface area contributed by atoms with Gasteiger partial charge in [-0.05, 0) is 41.2 Å². The Bertz CT molecular complexity index is 1530. The third-order valence-corrected chi connectivity index (χ3v) is 9.41. The van der Waals surface area contributed by atoms with Crippen molar-refractivity contribution in [2.24, 2.45) is 17.8 Å². The van der Waals surface area contributed by atoms with Gasteiger partial charge in [-0.3, -0.25) is 0 Å². The van der Waals surface area contributed by atoms with Crippen LogP contribution in [0, 0.1) is 17.8 Å². The number of nitrogens with zero attached hydrogens (tertiary/aromatic N) is 1. The third kappa shape index (κ3) is 2.76. The van der Waals surface area contributed by atoms with Crippen LogP contribution in [0.2, 0.25) is 0 Å². The highest BCUT2D eigenvalue weighted by molar-refractivity contribution is 9.10. The molecule has 162 valence electrons. The summed E-state index contributed by atoms with van der Waals surface area (Å²) in [5.74, 6) is 1.39. The Morgan fingerprint density at radius 3 is 2.79 bits per heavy atom. The van der Waals surface area contributed by atoms with Gasteiger partial charge < -0.3 is 4.90 Å². The number of thiophene rings is 1. The molecule has 3 aliphatic carbocycles. The van der Waals surface area contributed by atoms with Crippen LogP contribution in [-0.2, 0) is 0 Å². The molecule has 0 radical (unpaired) electrons. The minimum absolute atomic E-state index is 0.322. The van der Waals surface area contributed by atoms with Gasteiger partial charge in [0.2, 0.25) is 0 Å². The zero-order chi connectivity index (χ0) is 22.3. The Morgan fingerprint density at radius 2 is 1.88 bits per heavy atom. The Hall–Kier alpha value is -2.62. The standard InChI is InChI=1S/C30H24BrNS/c1-17-8-7-12-22-24-16-25(31)27-23-11-5-6-13-26(23)33-30(27)29(24)32(28(17)22)20-14-18(2)21-10-4-3-9-19(21)15-20/h3-18,21,28H,1-2H3. The van der Waals surface area contributed by atoms with E-state index in [1.165, 1.54) is 52.7 Å². The minimum Gasteiger partial charge on any atom is -0.332 e. The van der Waals surface area contributed by atoms with E-state index < -0.39 is 0 Å². The maximum atomic E-state index is 3.95. The minimum atomic E-state index is 0.322. The Kier molecular flexibility index (Phi) is 4.32. The summed E-state index contributed by atoms with van der Waals surface area (Å²) < 4.78 is 3.93. The fourth-order valence-corrected chi connectivity index (χ4v) is 8.15. The number of hydrogen-bond acceptors (Lipinski definition) is 2. The first kappa shape index (κ1) is 19.8. The van der Waals surface area contributed by atoms with Crippen LogP contribution < -0.4 is 4.90 Å². The zero-order valence-electron chi connectivity index (χ0n) is 18.6. The van der Waals surface area contributed by atoms with Crippen molar-refractivity contribution < 1.29 is 0 Å². The molecule has 1 aromatic heterocycles. The van der Waals surface area contributed by atoms with Crippen LogP contribution in [-0.4, -0.2) is 6.04 Å². The van der Waals surface area contributed by atoms with Gasteiger partial charge in [-0.15, -0.1) is 11.3 Å². The summed E-state index contributed by atoms with van der Waals surface area (Å²) in [5.41, 5.74) is 6.95. The van der Waals surface area contributed by atoms with Gasteiger partial charge in [0.15, 0.2) is 0 Å². The van der Waals surface area contributed by atoms with E-state index in [1.807, 2.05) is 11.3 Å². The number of hydrogen-bond donors (Lipinski definition) is 0. The second-order valence-electron chi connectivity index (χ2n) is 9.60. The number of rotatable bonds is 1. The summed E-state index contributed by atoms with van der Waals surface area (Å²) in [5, 5.41) is 2.68. The Balaban J connectivity index is 1.53. The third-order valence-electron chi connectivity index (χ3n) is 7.61. The lowest BCUT2D eigenvalue weighted by Gasteiger charge is -2.37. The molecular weight excluding hydrogens is 486 g/mol. The van der Waals surface area contributed by atoms with Crippen LogP contribution >= 0.6 is 27.3 Å². The first-order chi connectivity index (χ1) is 16.1. The molecular formula is C30H24BrNS. The van der Waals surface area contributed by atoms with Crippen molar-refractivity contribution in [1.29, 1.82) is 0 Å². The molecule has 33 heavy (non-hydrogen) atoms. The monoisotopic (exact) mass is 509 g/mol. The molecule has 2 aromatic carbocycles. The lowest BCUT2D eigenvalue weighted by Crippen LogP contribution is -2.37. The molecule has 4 aliphatic rings. The van der Waals surface area contributed by atoms with E-state index in [0.29, 0.717) is 23.8 Å². The average molecular weight is 511 g/mol. The van der Waals surface area contributed by atoms with Crippen molar-refractivity contribution in [3.63, 3.8) is 0 Å². The molecule has 1 aliphatic heterocycles.